The van der Waals surface area contributed by atoms with E-state index in [1.807, 2.05) is 6.55 Å². The molecule has 1 unspecified atom stereocenters. The van der Waals surface area contributed by atoms with Crippen molar-refractivity contribution in [3.05, 3.63) is 0 Å². The molecule has 0 bridgehead atoms. The molecule has 0 aliphatic rings. The highest BCUT2D eigenvalue weighted by Crippen LogP contribution is 2.09. The Morgan fingerprint density at radius 3 is 1.67 bits per heavy atom. The third kappa shape index (κ3) is 8.63. The van der Waals surface area contributed by atoms with Crippen LogP contribution in [0, 0.1) is 0 Å². The van der Waals surface area contributed by atoms with E-state index in [0.717, 1.165) is 0 Å². The molecule has 0 fully saturated rings. The Labute approximate surface area is 78.9 Å². The molecule has 12 heavy (non-hydrogen) atoms. The molecule has 0 heterocycles. The summed E-state index contributed by atoms with van der Waals surface area (Å²) in [6.07, 6.45) is 0. The van der Waals surface area contributed by atoms with Gasteiger partial charge in [0, 0.05) is 0 Å². The zero-order valence-corrected chi connectivity index (χ0v) is 12.0. The molecule has 0 saturated heterocycles. The minimum Gasteiger partial charge on any atom is -0.439 e. The van der Waals surface area contributed by atoms with Crippen LogP contribution in [0.5, 0.6) is 0 Å². The summed E-state index contributed by atoms with van der Waals surface area (Å²) in [5.74, 6) is 0. The first kappa shape index (κ1) is 12.5. The van der Waals surface area contributed by atoms with Gasteiger partial charge in [-0.15, -0.1) is 0 Å². The molecule has 0 aliphatic carbocycles. The van der Waals surface area contributed by atoms with E-state index in [9.17, 15) is 4.80 Å². The summed E-state index contributed by atoms with van der Waals surface area (Å²) in [5.41, 5.74) is 0. The van der Waals surface area contributed by atoms with Crippen molar-refractivity contribution in [3.8, 4) is 0 Å². The molecule has 1 N–H and O–H groups in total. The summed E-state index contributed by atoms with van der Waals surface area (Å²) in [6, 6.07) is 0. The molecular formula is C6H20O3Si3. The van der Waals surface area contributed by atoms with Gasteiger partial charge < -0.3 is 13.0 Å². The van der Waals surface area contributed by atoms with E-state index in [4.69, 9.17) is 8.23 Å². The third-order valence-corrected chi connectivity index (χ3v) is 8.76. The first-order valence-electron chi connectivity index (χ1n) is 4.18. The topological polar surface area (TPSA) is 38.7 Å². The van der Waals surface area contributed by atoms with E-state index < -0.39 is 26.2 Å². The molecule has 0 radical (unpaired) electrons. The van der Waals surface area contributed by atoms with E-state index in [-0.39, 0.29) is 0 Å². The van der Waals surface area contributed by atoms with Crippen LogP contribution in [0.25, 0.3) is 0 Å². The SMILES string of the molecule is C[SiH](O[Si](C)(C)C)O[Si](C)(C)O. The quantitative estimate of drug-likeness (QED) is 0.734. The van der Waals surface area contributed by atoms with Crippen LogP contribution in [0.4, 0.5) is 0 Å². The second-order valence-electron chi connectivity index (χ2n) is 4.36. The molecule has 0 spiro atoms. The van der Waals surface area contributed by atoms with Gasteiger partial charge in [0.05, 0.1) is 0 Å². The maximum atomic E-state index is 9.47. The second-order valence-corrected chi connectivity index (χ2v) is 14.5. The van der Waals surface area contributed by atoms with Gasteiger partial charge in [-0.05, 0) is 39.3 Å². The number of hydrogen-bond acceptors (Lipinski definition) is 3. The minimum atomic E-state index is -2.36. The minimum absolute atomic E-state index is 1.47. The Morgan fingerprint density at radius 1 is 1.00 bits per heavy atom. The van der Waals surface area contributed by atoms with Crippen LogP contribution < -0.4 is 0 Å². The summed E-state index contributed by atoms with van der Waals surface area (Å²) in [6.45, 7) is 11.9. The highest BCUT2D eigenvalue weighted by molar-refractivity contribution is 6.78. The Balaban J connectivity index is 3.83. The van der Waals surface area contributed by atoms with Crippen LogP contribution >= 0.6 is 0 Å². The lowest BCUT2D eigenvalue weighted by Gasteiger charge is -2.26. The third-order valence-electron chi connectivity index (χ3n) is 0.974. The number of rotatable bonds is 4. The summed E-state index contributed by atoms with van der Waals surface area (Å²) in [7, 11) is -5.41. The van der Waals surface area contributed by atoms with Crippen LogP contribution in [0.3, 0.4) is 0 Å². The van der Waals surface area contributed by atoms with Crippen molar-refractivity contribution in [3.63, 3.8) is 0 Å². The maximum absolute atomic E-state index is 9.47. The van der Waals surface area contributed by atoms with Crippen LogP contribution in [0.2, 0.25) is 39.3 Å². The highest BCUT2D eigenvalue weighted by atomic mass is 28.5. The van der Waals surface area contributed by atoms with Gasteiger partial charge in [0.15, 0.2) is 8.32 Å². The van der Waals surface area contributed by atoms with Gasteiger partial charge in [-0.3, -0.25) is 0 Å². The average molecular weight is 224 g/mol. The van der Waals surface area contributed by atoms with Crippen molar-refractivity contribution in [1.29, 1.82) is 0 Å². The molecule has 0 saturated carbocycles. The fraction of sp³-hybridized carbons (Fsp3) is 1.00. The van der Waals surface area contributed by atoms with Crippen LogP contribution in [0.15, 0.2) is 0 Å². The van der Waals surface area contributed by atoms with E-state index >= 15 is 0 Å². The molecule has 0 aromatic rings. The highest BCUT2D eigenvalue weighted by Gasteiger charge is 2.27. The number of hydrogen-bond donors (Lipinski definition) is 1. The van der Waals surface area contributed by atoms with Crippen LogP contribution in [-0.2, 0) is 8.23 Å². The predicted molar refractivity (Wildman–Crippen MR) is 58.2 cm³/mol. The Bertz CT molecular complexity index is 122. The fourth-order valence-electron chi connectivity index (χ4n) is 0.928. The zero-order chi connectivity index (χ0) is 9.99. The van der Waals surface area contributed by atoms with Gasteiger partial charge in [-0.2, -0.15) is 0 Å². The van der Waals surface area contributed by atoms with Crippen LogP contribution in [0.1, 0.15) is 0 Å². The van der Waals surface area contributed by atoms with Crippen LogP contribution in [-0.4, -0.2) is 31.0 Å². The Kier molecular flexibility index (Phi) is 4.34. The fourth-order valence-corrected chi connectivity index (χ4v) is 8.79. The van der Waals surface area contributed by atoms with Crippen molar-refractivity contribution >= 4 is 26.2 Å². The van der Waals surface area contributed by atoms with E-state index in [2.05, 4.69) is 19.6 Å². The average Bonchev–Trinajstić information content (AvgIpc) is 1.49. The van der Waals surface area contributed by atoms with E-state index in [0.29, 0.717) is 0 Å². The first-order valence-corrected chi connectivity index (χ1v) is 12.5. The Morgan fingerprint density at radius 2 is 1.42 bits per heavy atom. The molecule has 0 aromatic heterocycles. The standard InChI is InChI=1S/C6H20O3Si3/c1-10(8-11(2,3)4)9-12(5,6)7/h7,10H,1-6H3. The molecule has 3 nitrogen and oxygen atoms in total. The van der Waals surface area contributed by atoms with Gasteiger partial charge in [-0.25, -0.2) is 0 Å². The monoisotopic (exact) mass is 224 g/mol. The maximum Gasteiger partial charge on any atom is 0.320 e. The lowest BCUT2D eigenvalue weighted by atomic mass is 11.8. The molecule has 74 valence electrons. The second kappa shape index (κ2) is 4.16. The Hall–Kier alpha value is 0.531. The van der Waals surface area contributed by atoms with Crippen molar-refractivity contribution in [2.24, 2.45) is 0 Å². The van der Waals surface area contributed by atoms with Gasteiger partial charge in [0.2, 0.25) is 0 Å². The molecule has 0 rings (SSSR count). The summed E-state index contributed by atoms with van der Waals surface area (Å²) in [4.78, 5) is 9.47. The lowest BCUT2D eigenvalue weighted by Crippen LogP contribution is -2.43. The summed E-state index contributed by atoms with van der Waals surface area (Å²) < 4.78 is 11.2. The lowest BCUT2D eigenvalue weighted by molar-refractivity contribution is 0.347. The summed E-state index contributed by atoms with van der Waals surface area (Å²) in [5, 5.41) is 0. The van der Waals surface area contributed by atoms with Crippen molar-refractivity contribution < 1.29 is 13.0 Å². The van der Waals surface area contributed by atoms with E-state index in [1.54, 1.807) is 13.1 Å². The predicted octanol–water partition coefficient (Wildman–Crippen LogP) is 1.40. The van der Waals surface area contributed by atoms with Gasteiger partial charge in [0.25, 0.3) is 9.28 Å². The van der Waals surface area contributed by atoms with Crippen molar-refractivity contribution in [1.82, 2.24) is 0 Å². The van der Waals surface area contributed by atoms with Gasteiger partial charge in [0.1, 0.15) is 0 Å². The largest absolute Gasteiger partial charge is 0.439 e. The first-order chi connectivity index (χ1) is 5.10. The molecule has 6 heteroatoms. The van der Waals surface area contributed by atoms with Gasteiger partial charge in [-0.1, -0.05) is 0 Å². The molecule has 0 aromatic carbocycles. The van der Waals surface area contributed by atoms with E-state index in [1.165, 1.54) is 0 Å². The summed E-state index contributed by atoms with van der Waals surface area (Å²) >= 11 is 0. The molecule has 1 atom stereocenters. The zero-order valence-electron chi connectivity index (χ0n) is 8.84. The van der Waals surface area contributed by atoms with Crippen molar-refractivity contribution in [2.45, 2.75) is 39.3 Å². The molecule has 0 aliphatic heterocycles. The van der Waals surface area contributed by atoms with Crippen molar-refractivity contribution in [2.75, 3.05) is 0 Å². The molecular weight excluding hydrogens is 204 g/mol. The normalized spacial score (nSPS) is 16.2. The smallest absolute Gasteiger partial charge is 0.320 e. The van der Waals surface area contributed by atoms with Gasteiger partial charge >= 0.3 is 8.56 Å². The molecule has 0 amide bonds.